The molecule has 0 saturated carbocycles. The second kappa shape index (κ2) is 18.8. The average molecular weight is 425 g/mol. The normalized spacial score (nSPS) is 12.4. The van der Waals surface area contributed by atoms with E-state index in [1.54, 1.807) is 0 Å². The summed E-state index contributed by atoms with van der Waals surface area (Å²) in [5, 5.41) is 9.45. The second-order valence-electron chi connectivity index (χ2n) is 8.57. The fourth-order valence-electron chi connectivity index (χ4n) is 3.70. The van der Waals surface area contributed by atoms with Gasteiger partial charge in [0.25, 0.3) is 0 Å². The largest absolute Gasteiger partial charge is 0.394 e. The quantitative estimate of drug-likeness (QED) is 0.226. The highest BCUT2D eigenvalue weighted by atomic mass is 19.1. The molecule has 1 N–H and O–H groups in total. The van der Waals surface area contributed by atoms with Crippen molar-refractivity contribution >= 4 is 0 Å². The third-order valence-corrected chi connectivity index (χ3v) is 5.49. The molecule has 0 bridgehead atoms. The molecule has 0 aliphatic carbocycles. The molecule has 0 saturated heterocycles. The Morgan fingerprint density at radius 1 is 0.833 bits per heavy atom. The summed E-state index contributed by atoms with van der Waals surface area (Å²) in [4.78, 5) is 0. The van der Waals surface area contributed by atoms with Crippen LogP contribution in [-0.2, 0) is 16.1 Å². The third kappa shape index (κ3) is 14.9. The number of halogens is 1. The molecule has 174 valence electrons. The Bertz CT molecular complexity index is 501. The standard InChI is InChI=1S/C26H45FO3/c1-3-4-5-6-7-8-9-10-11-12-13-14-15-16-29-22-26(20-28)30-21-24-17-23(2)18-25(27)19-24/h17-19,26,28H,3-16,20-22H2,1-2H3/t26-/m0/s1. The highest BCUT2D eigenvalue weighted by Crippen LogP contribution is 2.13. The summed E-state index contributed by atoms with van der Waals surface area (Å²) in [5.41, 5.74) is 1.65. The molecule has 0 aromatic heterocycles. The lowest BCUT2D eigenvalue weighted by molar-refractivity contribution is -0.0503. The lowest BCUT2D eigenvalue weighted by Crippen LogP contribution is -2.24. The van der Waals surface area contributed by atoms with Crippen LogP contribution in [0.4, 0.5) is 4.39 Å². The van der Waals surface area contributed by atoms with Crippen LogP contribution >= 0.6 is 0 Å². The molecule has 30 heavy (non-hydrogen) atoms. The van der Waals surface area contributed by atoms with E-state index in [-0.39, 0.29) is 25.1 Å². The summed E-state index contributed by atoms with van der Waals surface area (Å²) < 4.78 is 24.7. The molecule has 0 heterocycles. The van der Waals surface area contributed by atoms with Gasteiger partial charge in [-0.3, -0.25) is 0 Å². The van der Waals surface area contributed by atoms with Crippen molar-refractivity contribution in [2.24, 2.45) is 0 Å². The van der Waals surface area contributed by atoms with Crippen LogP contribution in [0.3, 0.4) is 0 Å². The van der Waals surface area contributed by atoms with Crippen LogP contribution in [0.15, 0.2) is 18.2 Å². The van der Waals surface area contributed by atoms with Gasteiger partial charge in [-0.05, 0) is 36.6 Å². The van der Waals surface area contributed by atoms with Gasteiger partial charge >= 0.3 is 0 Å². The van der Waals surface area contributed by atoms with E-state index in [0.717, 1.165) is 17.5 Å². The molecule has 0 radical (unpaired) electrons. The van der Waals surface area contributed by atoms with Gasteiger partial charge in [0.1, 0.15) is 11.9 Å². The summed E-state index contributed by atoms with van der Waals surface area (Å²) in [7, 11) is 0. The number of hydrogen-bond acceptors (Lipinski definition) is 3. The van der Waals surface area contributed by atoms with Crippen molar-refractivity contribution in [3.63, 3.8) is 0 Å². The Morgan fingerprint density at radius 3 is 1.93 bits per heavy atom. The van der Waals surface area contributed by atoms with E-state index in [1.807, 2.05) is 13.0 Å². The summed E-state index contributed by atoms with van der Waals surface area (Å²) in [6.45, 7) is 5.40. The molecule has 0 aliphatic heterocycles. The minimum Gasteiger partial charge on any atom is -0.394 e. The van der Waals surface area contributed by atoms with Crippen molar-refractivity contribution in [1.82, 2.24) is 0 Å². The number of benzene rings is 1. The molecular formula is C26H45FO3. The Hall–Kier alpha value is -0.970. The van der Waals surface area contributed by atoms with Crippen molar-refractivity contribution in [2.45, 2.75) is 110 Å². The summed E-state index contributed by atoms with van der Waals surface area (Å²) in [5.74, 6) is -0.257. The van der Waals surface area contributed by atoms with E-state index in [9.17, 15) is 9.50 Å². The highest BCUT2D eigenvalue weighted by molar-refractivity contribution is 5.22. The zero-order chi connectivity index (χ0) is 21.9. The molecular weight excluding hydrogens is 379 g/mol. The van der Waals surface area contributed by atoms with E-state index in [4.69, 9.17) is 9.47 Å². The Balaban J connectivity index is 1.91. The van der Waals surface area contributed by atoms with Crippen molar-refractivity contribution in [3.05, 3.63) is 35.1 Å². The predicted octanol–water partition coefficient (Wildman–Crippen LogP) is 7.12. The zero-order valence-electron chi connectivity index (χ0n) is 19.5. The summed E-state index contributed by atoms with van der Waals surface area (Å²) >= 11 is 0. The topological polar surface area (TPSA) is 38.7 Å². The van der Waals surface area contributed by atoms with Gasteiger partial charge < -0.3 is 14.6 Å². The van der Waals surface area contributed by atoms with Crippen LogP contribution in [0.1, 0.15) is 102 Å². The lowest BCUT2D eigenvalue weighted by Gasteiger charge is -2.16. The maximum Gasteiger partial charge on any atom is 0.123 e. The number of hydrogen-bond donors (Lipinski definition) is 1. The fraction of sp³-hybridized carbons (Fsp3) is 0.769. The SMILES string of the molecule is CCCCCCCCCCCCCCCOC[C@H](CO)OCc1cc(C)cc(F)c1. The van der Waals surface area contributed by atoms with Crippen LogP contribution in [0.2, 0.25) is 0 Å². The fourth-order valence-corrected chi connectivity index (χ4v) is 3.70. The molecule has 1 aromatic rings. The van der Waals surface area contributed by atoms with Crippen LogP contribution in [0, 0.1) is 12.7 Å². The van der Waals surface area contributed by atoms with Gasteiger partial charge in [0.05, 0.1) is 19.8 Å². The van der Waals surface area contributed by atoms with E-state index in [2.05, 4.69) is 6.92 Å². The van der Waals surface area contributed by atoms with Gasteiger partial charge in [0.15, 0.2) is 0 Å². The lowest BCUT2D eigenvalue weighted by atomic mass is 10.0. The van der Waals surface area contributed by atoms with Gasteiger partial charge in [-0.25, -0.2) is 4.39 Å². The third-order valence-electron chi connectivity index (χ3n) is 5.49. The number of aliphatic hydroxyl groups is 1. The van der Waals surface area contributed by atoms with Crippen molar-refractivity contribution < 1.29 is 19.0 Å². The first-order valence-electron chi connectivity index (χ1n) is 12.2. The van der Waals surface area contributed by atoms with E-state index < -0.39 is 0 Å². The Kier molecular flexibility index (Phi) is 16.9. The maximum atomic E-state index is 13.4. The summed E-state index contributed by atoms with van der Waals surface area (Å²) in [6.07, 6.45) is 17.0. The summed E-state index contributed by atoms with van der Waals surface area (Å²) in [6, 6.07) is 4.85. The zero-order valence-corrected chi connectivity index (χ0v) is 19.5. The monoisotopic (exact) mass is 424 g/mol. The van der Waals surface area contributed by atoms with Crippen LogP contribution in [0.25, 0.3) is 0 Å². The smallest absolute Gasteiger partial charge is 0.123 e. The maximum absolute atomic E-state index is 13.4. The molecule has 0 spiro atoms. The molecule has 1 aromatic carbocycles. The van der Waals surface area contributed by atoms with Gasteiger partial charge in [0.2, 0.25) is 0 Å². The number of rotatable bonds is 20. The van der Waals surface area contributed by atoms with E-state index in [1.165, 1.54) is 89.2 Å². The second-order valence-corrected chi connectivity index (χ2v) is 8.57. The van der Waals surface area contributed by atoms with Gasteiger partial charge in [0, 0.05) is 6.61 Å². The van der Waals surface area contributed by atoms with Crippen LogP contribution < -0.4 is 0 Å². The number of aliphatic hydroxyl groups excluding tert-OH is 1. The molecule has 4 heteroatoms. The average Bonchev–Trinajstić information content (AvgIpc) is 2.72. The minimum absolute atomic E-state index is 0.0904. The van der Waals surface area contributed by atoms with Crippen LogP contribution in [0.5, 0.6) is 0 Å². The molecule has 0 aliphatic rings. The first-order chi connectivity index (χ1) is 14.7. The first-order valence-corrected chi connectivity index (χ1v) is 12.2. The first kappa shape index (κ1) is 27.1. The molecule has 0 amide bonds. The molecule has 1 rings (SSSR count). The Morgan fingerprint density at radius 2 is 1.40 bits per heavy atom. The van der Waals surface area contributed by atoms with E-state index in [0.29, 0.717) is 13.2 Å². The predicted molar refractivity (Wildman–Crippen MR) is 123 cm³/mol. The number of unbranched alkanes of at least 4 members (excludes halogenated alkanes) is 12. The van der Waals surface area contributed by atoms with E-state index >= 15 is 0 Å². The number of ether oxygens (including phenoxy) is 2. The number of aryl methyl sites for hydroxylation is 1. The minimum atomic E-state index is -0.365. The van der Waals surface area contributed by atoms with Gasteiger partial charge in [-0.2, -0.15) is 0 Å². The van der Waals surface area contributed by atoms with Gasteiger partial charge in [-0.15, -0.1) is 0 Å². The highest BCUT2D eigenvalue weighted by Gasteiger charge is 2.09. The van der Waals surface area contributed by atoms with Crippen LogP contribution in [-0.4, -0.2) is 31.0 Å². The Labute approximate surface area is 184 Å². The van der Waals surface area contributed by atoms with Gasteiger partial charge in [-0.1, -0.05) is 90.0 Å². The molecule has 1 atom stereocenters. The molecule has 0 unspecified atom stereocenters. The molecule has 0 fully saturated rings. The molecule has 3 nitrogen and oxygen atoms in total. The van der Waals surface area contributed by atoms with Crippen molar-refractivity contribution in [2.75, 3.05) is 19.8 Å². The van der Waals surface area contributed by atoms with Crippen molar-refractivity contribution in [1.29, 1.82) is 0 Å². The van der Waals surface area contributed by atoms with Crippen molar-refractivity contribution in [3.8, 4) is 0 Å².